The predicted molar refractivity (Wildman–Crippen MR) is 86.7 cm³/mol. The van der Waals surface area contributed by atoms with Crippen LogP contribution in [0.25, 0.3) is 0 Å². The highest BCUT2D eigenvalue weighted by atomic mass is 16.6. The highest BCUT2D eigenvalue weighted by molar-refractivity contribution is 6.14. The summed E-state index contributed by atoms with van der Waals surface area (Å²) in [6.07, 6.45) is 2.89. The van der Waals surface area contributed by atoms with E-state index in [1.807, 2.05) is 0 Å². The number of carbonyl (C=O) groups is 3. The Morgan fingerprint density at radius 2 is 2.17 bits per heavy atom. The summed E-state index contributed by atoms with van der Waals surface area (Å²) in [4.78, 5) is 36.3. The molecular formula is C17H20N2O5. The molecule has 0 unspecified atom stereocenters. The van der Waals surface area contributed by atoms with E-state index in [2.05, 4.69) is 10.6 Å². The summed E-state index contributed by atoms with van der Waals surface area (Å²) >= 11 is 0. The summed E-state index contributed by atoms with van der Waals surface area (Å²) < 4.78 is 10.6. The van der Waals surface area contributed by atoms with Gasteiger partial charge in [0.05, 0.1) is 12.3 Å². The number of amides is 2. The number of hydrogen-bond donors (Lipinski definition) is 2. The lowest BCUT2D eigenvalue weighted by atomic mass is 9.85. The van der Waals surface area contributed by atoms with Gasteiger partial charge in [0.25, 0.3) is 11.5 Å². The fraction of sp³-hybridized carbons (Fsp3) is 0.471. The first-order valence-corrected chi connectivity index (χ1v) is 8.06. The molecule has 1 aromatic rings. The molecule has 2 aliphatic rings. The number of fused-ring (bicyclic) bond motifs is 1. The largest absolute Gasteiger partial charge is 0.464 e. The number of ether oxygens (including phenoxy) is 2. The third-order valence-corrected chi connectivity index (χ3v) is 4.39. The Labute approximate surface area is 139 Å². The molecule has 1 aliphatic heterocycles. The van der Waals surface area contributed by atoms with Gasteiger partial charge in [0.1, 0.15) is 5.75 Å². The third-order valence-electron chi connectivity index (χ3n) is 4.39. The summed E-state index contributed by atoms with van der Waals surface area (Å²) in [6, 6.07) is 4.92. The van der Waals surface area contributed by atoms with Crippen LogP contribution in [0.5, 0.6) is 5.75 Å². The fourth-order valence-corrected chi connectivity index (χ4v) is 2.61. The van der Waals surface area contributed by atoms with Crippen molar-refractivity contribution < 1.29 is 23.9 Å². The van der Waals surface area contributed by atoms with Crippen LogP contribution in [0.15, 0.2) is 18.2 Å². The van der Waals surface area contributed by atoms with Crippen LogP contribution in [0.2, 0.25) is 0 Å². The maximum Gasteiger partial charge on any atom is 0.360 e. The van der Waals surface area contributed by atoms with Crippen molar-refractivity contribution in [3.8, 4) is 5.75 Å². The molecule has 2 amide bonds. The van der Waals surface area contributed by atoms with Gasteiger partial charge in [-0.3, -0.25) is 9.59 Å². The zero-order valence-electron chi connectivity index (χ0n) is 13.7. The van der Waals surface area contributed by atoms with Crippen LogP contribution in [-0.2, 0) is 19.1 Å². The maximum absolute atomic E-state index is 12.2. The third kappa shape index (κ3) is 2.81. The Kier molecular flexibility index (Phi) is 4.17. The molecule has 2 N–H and O–H groups in total. The van der Waals surface area contributed by atoms with E-state index in [0.717, 1.165) is 19.3 Å². The van der Waals surface area contributed by atoms with Crippen molar-refractivity contribution in [3.63, 3.8) is 0 Å². The first-order valence-electron chi connectivity index (χ1n) is 8.06. The Bertz CT molecular complexity index is 698. The van der Waals surface area contributed by atoms with E-state index >= 15 is 0 Å². The van der Waals surface area contributed by atoms with Gasteiger partial charge in [0, 0.05) is 17.7 Å². The van der Waals surface area contributed by atoms with E-state index in [1.54, 1.807) is 25.1 Å². The van der Waals surface area contributed by atoms with E-state index in [4.69, 9.17) is 9.47 Å². The SMILES string of the molecule is CCOC(=O)[C@@]1(C)Oc2cc(NC(=O)C3CCC3)ccc2NC1=O. The molecule has 0 bridgehead atoms. The Balaban J connectivity index is 1.80. The molecule has 1 aliphatic carbocycles. The van der Waals surface area contributed by atoms with Gasteiger partial charge < -0.3 is 20.1 Å². The Hall–Kier alpha value is -2.57. The summed E-state index contributed by atoms with van der Waals surface area (Å²) in [5, 5.41) is 5.48. The van der Waals surface area contributed by atoms with Gasteiger partial charge in [-0.1, -0.05) is 6.42 Å². The van der Waals surface area contributed by atoms with Crippen molar-refractivity contribution >= 4 is 29.2 Å². The van der Waals surface area contributed by atoms with Crippen LogP contribution in [0, 0.1) is 5.92 Å². The number of rotatable bonds is 4. The molecule has 0 radical (unpaired) electrons. The number of anilines is 2. The first kappa shape index (κ1) is 16.3. The number of hydrogen-bond acceptors (Lipinski definition) is 5. The van der Waals surface area contributed by atoms with Gasteiger partial charge in [0.2, 0.25) is 5.91 Å². The van der Waals surface area contributed by atoms with Gasteiger partial charge in [-0.15, -0.1) is 0 Å². The van der Waals surface area contributed by atoms with Crippen molar-refractivity contribution in [2.24, 2.45) is 5.92 Å². The van der Waals surface area contributed by atoms with Gasteiger partial charge in [-0.25, -0.2) is 4.79 Å². The van der Waals surface area contributed by atoms with Crippen LogP contribution < -0.4 is 15.4 Å². The van der Waals surface area contributed by atoms with Crippen LogP contribution in [0.3, 0.4) is 0 Å². The average molecular weight is 332 g/mol. The lowest BCUT2D eigenvalue weighted by molar-refractivity contribution is -0.165. The molecule has 7 nitrogen and oxygen atoms in total. The van der Waals surface area contributed by atoms with Gasteiger partial charge in [-0.05, 0) is 38.8 Å². The lowest BCUT2D eigenvalue weighted by Gasteiger charge is -2.32. The van der Waals surface area contributed by atoms with Gasteiger partial charge >= 0.3 is 5.97 Å². The predicted octanol–water partition coefficient (Wildman–Crippen LogP) is 2.08. The second-order valence-corrected chi connectivity index (χ2v) is 6.14. The molecule has 1 fully saturated rings. The molecule has 1 saturated carbocycles. The molecule has 128 valence electrons. The summed E-state index contributed by atoms with van der Waals surface area (Å²) in [6.45, 7) is 3.17. The minimum Gasteiger partial charge on any atom is -0.464 e. The number of benzene rings is 1. The summed E-state index contributed by atoms with van der Waals surface area (Å²) in [5.41, 5.74) is -0.740. The molecule has 7 heteroatoms. The summed E-state index contributed by atoms with van der Waals surface area (Å²) in [7, 11) is 0. The molecule has 24 heavy (non-hydrogen) atoms. The van der Waals surface area contributed by atoms with E-state index in [-0.39, 0.29) is 18.4 Å². The van der Waals surface area contributed by atoms with Crippen molar-refractivity contribution in [3.05, 3.63) is 18.2 Å². The second kappa shape index (κ2) is 6.14. The van der Waals surface area contributed by atoms with Crippen LogP contribution in [0.1, 0.15) is 33.1 Å². The van der Waals surface area contributed by atoms with E-state index < -0.39 is 17.5 Å². The zero-order valence-corrected chi connectivity index (χ0v) is 13.7. The first-order chi connectivity index (χ1) is 11.4. The van der Waals surface area contributed by atoms with Crippen molar-refractivity contribution in [1.29, 1.82) is 0 Å². The van der Waals surface area contributed by atoms with Crippen LogP contribution >= 0.6 is 0 Å². The highest BCUT2D eigenvalue weighted by Crippen LogP contribution is 2.37. The normalized spacial score (nSPS) is 22.5. The van der Waals surface area contributed by atoms with Gasteiger partial charge in [0.15, 0.2) is 0 Å². The minimum atomic E-state index is -1.75. The quantitative estimate of drug-likeness (QED) is 0.650. The Morgan fingerprint density at radius 3 is 2.79 bits per heavy atom. The zero-order chi connectivity index (χ0) is 17.3. The van der Waals surface area contributed by atoms with E-state index in [1.165, 1.54) is 6.92 Å². The maximum atomic E-state index is 12.2. The average Bonchev–Trinajstić information content (AvgIpc) is 2.47. The van der Waals surface area contributed by atoms with E-state index in [0.29, 0.717) is 17.1 Å². The molecule has 0 spiro atoms. The molecule has 1 aromatic carbocycles. The molecule has 1 heterocycles. The van der Waals surface area contributed by atoms with Crippen LogP contribution in [-0.4, -0.2) is 30.0 Å². The van der Waals surface area contributed by atoms with Crippen molar-refractivity contribution in [1.82, 2.24) is 0 Å². The van der Waals surface area contributed by atoms with Crippen molar-refractivity contribution in [2.75, 3.05) is 17.2 Å². The van der Waals surface area contributed by atoms with Crippen molar-refractivity contribution in [2.45, 2.75) is 38.7 Å². The molecule has 0 aromatic heterocycles. The minimum absolute atomic E-state index is 0.0193. The second-order valence-electron chi connectivity index (χ2n) is 6.14. The number of esters is 1. The smallest absolute Gasteiger partial charge is 0.360 e. The standard InChI is InChI=1S/C17H20N2O5/c1-3-23-16(22)17(2)15(21)19-12-8-7-11(9-13(12)24-17)18-14(20)10-5-4-6-10/h7-10H,3-6H2,1-2H3,(H,18,20)(H,19,21)/t17-/m0/s1. The molecule has 3 rings (SSSR count). The molecule has 1 atom stereocenters. The number of nitrogens with one attached hydrogen (secondary N) is 2. The van der Waals surface area contributed by atoms with Crippen LogP contribution in [0.4, 0.5) is 11.4 Å². The summed E-state index contributed by atoms with van der Waals surface area (Å²) in [5.74, 6) is -0.978. The molecular weight excluding hydrogens is 312 g/mol. The molecule has 0 saturated heterocycles. The van der Waals surface area contributed by atoms with E-state index in [9.17, 15) is 14.4 Å². The Morgan fingerprint density at radius 1 is 1.42 bits per heavy atom. The van der Waals surface area contributed by atoms with Gasteiger partial charge in [-0.2, -0.15) is 0 Å². The monoisotopic (exact) mass is 332 g/mol. The fourth-order valence-electron chi connectivity index (χ4n) is 2.61. The topological polar surface area (TPSA) is 93.7 Å². The number of carbonyl (C=O) groups excluding carboxylic acids is 3. The lowest BCUT2D eigenvalue weighted by Crippen LogP contribution is -2.55. The highest BCUT2D eigenvalue weighted by Gasteiger charge is 2.48.